The molecular weight excluding hydrogens is 314 g/mol. The lowest BCUT2D eigenvalue weighted by Crippen LogP contribution is -2.12. The number of aliphatic imine (C=N–C) groups is 1. The second-order valence-corrected chi connectivity index (χ2v) is 6.03. The van der Waals surface area contributed by atoms with Crippen LogP contribution < -0.4 is 5.32 Å². The van der Waals surface area contributed by atoms with Crippen LogP contribution in [0.5, 0.6) is 0 Å². The summed E-state index contributed by atoms with van der Waals surface area (Å²) in [5, 5.41) is 12.7. The van der Waals surface area contributed by atoms with E-state index in [4.69, 9.17) is 5.26 Å². The monoisotopic (exact) mass is 325 g/mol. The second kappa shape index (κ2) is 6.56. The topological polar surface area (TPSA) is 74.0 Å². The minimum atomic E-state index is 0.561. The Bertz CT molecular complexity index is 846. The van der Waals surface area contributed by atoms with E-state index in [0.29, 0.717) is 5.17 Å². The van der Waals surface area contributed by atoms with Gasteiger partial charge in [-0.15, -0.1) is 0 Å². The number of nitriles is 1. The molecule has 1 aromatic carbocycles. The number of fused-ring (bicyclic) bond motifs is 1. The van der Waals surface area contributed by atoms with Crippen molar-refractivity contribution in [1.29, 1.82) is 5.26 Å². The van der Waals surface area contributed by atoms with Gasteiger partial charge in [0.15, 0.2) is 11.4 Å². The molecule has 0 spiro atoms. The average molecular weight is 325 g/mol. The molecule has 0 saturated heterocycles. The number of hydrogen-bond donors (Lipinski definition) is 1. The van der Waals surface area contributed by atoms with Gasteiger partial charge in [-0.25, -0.2) is 15.0 Å². The van der Waals surface area contributed by atoms with Gasteiger partial charge in [0, 0.05) is 11.8 Å². The van der Waals surface area contributed by atoms with Crippen molar-refractivity contribution >= 4 is 44.3 Å². The molecule has 5 nitrogen and oxygen atoms in total. The number of benzene rings is 1. The van der Waals surface area contributed by atoms with Crippen LogP contribution >= 0.6 is 23.1 Å². The van der Waals surface area contributed by atoms with Crippen molar-refractivity contribution in [1.82, 2.24) is 15.3 Å². The van der Waals surface area contributed by atoms with Crippen molar-refractivity contribution in [2.45, 2.75) is 0 Å². The summed E-state index contributed by atoms with van der Waals surface area (Å²) in [5.74, 6) is 0. The number of aromatic nitrogens is 2. The molecule has 3 rings (SSSR count). The Balaban J connectivity index is 1.99. The van der Waals surface area contributed by atoms with Gasteiger partial charge in [-0.2, -0.15) is 5.26 Å². The zero-order valence-corrected chi connectivity index (χ0v) is 13.3. The van der Waals surface area contributed by atoms with Crippen LogP contribution in [0, 0.1) is 11.5 Å². The largest absolute Gasteiger partial charge is 0.271 e. The van der Waals surface area contributed by atoms with E-state index in [-0.39, 0.29) is 0 Å². The molecule has 0 aliphatic rings. The van der Waals surface area contributed by atoms with Crippen LogP contribution in [-0.2, 0) is 0 Å². The van der Waals surface area contributed by atoms with Gasteiger partial charge in [0.25, 0.3) is 0 Å². The highest BCUT2D eigenvalue weighted by Crippen LogP contribution is 2.30. The molecule has 0 atom stereocenters. The summed E-state index contributed by atoms with van der Waals surface area (Å²) in [6.45, 7) is 0. The van der Waals surface area contributed by atoms with Crippen molar-refractivity contribution in [2.24, 2.45) is 4.99 Å². The number of nitrogens with one attached hydrogen (secondary N) is 1. The van der Waals surface area contributed by atoms with Gasteiger partial charge >= 0.3 is 0 Å². The molecule has 0 aliphatic carbocycles. The van der Waals surface area contributed by atoms with E-state index in [1.165, 1.54) is 11.8 Å². The van der Waals surface area contributed by atoms with Crippen LogP contribution in [-0.4, -0.2) is 21.4 Å². The van der Waals surface area contributed by atoms with Crippen molar-refractivity contribution in [3.63, 3.8) is 0 Å². The first-order chi connectivity index (χ1) is 10.8. The quantitative estimate of drug-likeness (QED) is 0.336. The van der Waals surface area contributed by atoms with E-state index >= 15 is 0 Å². The van der Waals surface area contributed by atoms with Gasteiger partial charge < -0.3 is 0 Å². The third kappa shape index (κ3) is 3.08. The van der Waals surface area contributed by atoms with E-state index in [1.54, 1.807) is 17.5 Å². The van der Waals surface area contributed by atoms with Crippen LogP contribution in [0.15, 0.2) is 47.6 Å². The molecule has 0 fully saturated rings. The van der Waals surface area contributed by atoms with E-state index in [0.717, 1.165) is 26.6 Å². The molecule has 0 radical (unpaired) electrons. The van der Waals surface area contributed by atoms with Crippen molar-refractivity contribution < 1.29 is 0 Å². The van der Waals surface area contributed by atoms with Crippen LogP contribution in [0.4, 0.5) is 5.69 Å². The molecule has 0 saturated carbocycles. The Morgan fingerprint density at radius 1 is 1.36 bits per heavy atom. The standard InChI is InChI=1S/C15H11N5S2/c1-21-15(18-9-16)19-11-5-2-4-10(8-11)13-20-12-6-3-7-17-14(12)22-13/h2-8H,1H3,(H,18,19). The Labute approximate surface area is 135 Å². The molecule has 0 unspecified atom stereocenters. The van der Waals surface area contributed by atoms with Crippen molar-refractivity contribution in [2.75, 3.05) is 6.26 Å². The zero-order valence-electron chi connectivity index (χ0n) is 11.6. The van der Waals surface area contributed by atoms with Crippen LogP contribution in [0.2, 0.25) is 0 Å². The van der Waals surface area contributed by atoms with Gasteiger partial charge in [-0.05, 0) is 30.5 Å². The van der Waals surface area contributed by atoms with Gasteiger partial charge in [-0.3, -0.25) is 5.32 Å². The van der Waals surface area contributed by atoms with E-state index in [9.17, 15) is 0 Å². The fourth-order valence-corrected chi connectivity index (χ4v) is 3.14. The maximum absolute atomic E-state index is 8.69. The highest BCUT2D eigenvalue weighted by molar-refractivity contribution is 8.13. The lowest BCUT2D eigenvalue weighted by atomic mass is 10.2. The summed E-state index contributed by atoms with van der Waals surface area (Å²) in [5.41, 5.74) is 2.66. The lowest BCUT2D eigenvalue weighted by molar-refractivity contribution is 1.28. The SMILES string of the molecule is CSC(=Nc1cccc(-c2nc3cccnc3s2)c1)NC#N. The molecule has 3 aromatic rings. The molecule has 0 bridgehead atoms. The number of amidine groups is 1. The van der Waals surface area contributed by atoms with Crippen LogP contribution in [0.3, 0.4) is 0 Å². The average Bonchev–Trinajstić information content (AvgIpc) is 2.99. The number of hydrogen-bond acceptors (Lipinski definition) is 6. The highest BCUT2D eigenvalue weighted by Gasteiger charge is 2.07. The summed E-state index contributed by atoms with van der Waals surface area (Å²) in [6.07, 6.45) is 5.52. The fraction of sp³-hybridized carbons (Fsp3) is 0.0667. The first-order valence-corrected chi connectivity index (χ1v) is 8.44. The lowest BCUT2D eigenvalue weighted by Gasteiger charge is -2.01. The molecule has 0 amide bonds. The predicted octanol–water partition coefficient (Wildman–Crippen LogP) is 3.78. The van der Waals surface area contributed by atoms with E-state index < -0.39 is 0 Å². The predicted molar refractivity (Wildman–Crippen MR) is 92.2 cm³/mol. The number of thioether (sulfide) groups is 1. The molecule has 2 aromatic heterocycles. The normalized spacial score (nSPS) is 11.4. The van der Waals surface area contributed by atoms with Crippen LogP contribution in [0.25, 0.3) is 20.9 Å². The van der Waals surface area contributed by atoms with E-state index in [1.807, 2.05) is 48.8 Å². The Kier molecular flexibility index (Phi) is 4.32. The Morgan fingerprint density at radius 3 is 3.05 bits per heavy atom. The first-order valence-electron chi connectivity index (χ1n) is 6.40. The van der Waals surface area contributed by atoms with Gasteiger partial charge in [0.1, 0.15) is 15.4 Å². The molecule has 2 heterocycles. The summed E-state index contributed by atoms with van der Waals surface area (Å²) < 4.78 is 0. The summed E-state index contributed by atoms with van der Waals surface area (Å²) in [4.78, 5) is 14.2. The summed E-state index contributed by atoms with van der Waals surface area (Å²) >= 11 is 2.94. The van der Waals surface area contributed by atoms with E-state index in [2.05, 4.69) is 20.3 Å². The van der Waals surface area contributed by atoms with Crippen LogP contribution in [0.1, 0.15) is 0 Å². The molecule has 108 valence electrons. The number of nitrogens with zero attached hydrogens (tertiary/aromatic N) is 4. The molecule has 1 N–H and O–H groups in total. The van der Waals surface area contributed by atoms with Gasteiger partial charge in [0.2, 0.25) is 0 Å². The number of rotatable bonds is 2. The van der Waals surface area contributed by atoms with Gasteiger partial charge in [0.05, 0.1) is 5.69 Å². The minimum absolute atomic E-state index is 0.561. The van der Waals surface area contributed by atoms with Gasteiger partial charge in [-0.1, -0.05) is 35.2 Å². The Morgan fingerprint density at radius 2 is 2.27 bits per heavy atom. The number of thiazole rings is 1. The fourth-order valence-electron chi connectivity index (χ4n) is 1.89. The summed E-state index contributed by atoms with van der Waals surface area (Å²) in [7, 11) is 0. The maximum Gasteiger partial charge on any atom is 0.183 e. The smallest absolute Gasteiger partial charge is 0.183 e. The van der Waals surface area contributed by atoms with Crippen molar-refractivity contribution in [3.05, 3.63) is 42.6 Å². The third-order valence-electron chi connectivity index (χ3n) is 2.85. The Hall–Kier alpha value is -2.43. The summed E-state index contributed by atoms with van der Waals surface area (Å²) in [6, 6.07) is 11.6. The molecule has 7 heteroatoms. The maximum atomic E-state index is 8.69. The third-order valence-corrected chi connectivity index (χ3v) is 4.45. The highest BCUT2D eigenvalue weighted by atomic mass is 32.2. The molecule has 22 heavy (non-hydrogen) atoms. The second-order valence-electron chi connectivity index (χ2n) is 4.25. The minimum Gasteiger partial charge on any atom is -0.271 e. The van der Waals surface area contributed by atoms with Crippen molar-refractivity contribution in [3.8, 4) is 16.8 Å². The molecular formula is C15H11N5S2. The first kappa shape index (κ1) is 14.5. The zero-order chi connectivity index (χ0) is 15.4. The molecule has 0 aliphatic heterocycles. The number of pyridine rings is 1.